The zero-order chi connectivity index (χ0) is 97.7. The molecule has 25 aromatic rings. The highest BCUT2D eigenvalue weighted by Gasteiger charge is 2.36. The van der Waals surface area contributed by atoms with Crippen LogP contribution in [-0.4, -0.2) is 71.5 Å². The second-order valence-electron chi connectivity index (χ2n) is 36.6. The zero-order valence-electron chi connectivity index (χ0n) is 76.4. The van der Waals surface area contributed by atoms with Gasteiger partial charge in [-0.3, -0.25) is 0 Å². The third kappa shape index (κ3) is 16.0. The van der Waals surface area contributed by atoms with E-state index in [4.69, 9.17) is 4.74 Å². The molecule has 0 fully saturated rings. The van der Waals surface area contributed by atoms with Crippen LogP contribution in [0.2, 0.25) is 0 Å². The van der Waals surface area contributed by atoms with E-state index in [1.807, 2.05) is 200 Å². The number of benzene rings is 25. The van der Waals surface area contributed by atoms with E-state index < -0.39 is 17.8 Å². The summed E-state index contributed by atoms with van der Waals surface area (Å²) in [4.78, 5) is 0. The molecule has 25 aromatic carbocycles. The normalized spacial score (nSPS) is 12.3. The SMILES string of the molecule is Oc1cc2ccccc2c(C(c2ccc3ccccc3c2)c2c(O)c(O)cc3ccccc23)c1O.Oc1ccc2c(C(c3ccc4ccccc4c3)c3c(O)ccc4cc(O)ccc34)c(O)ccc2c1.Oc1ccc2cc3ccc4c(c3cc2c1)C(c1ccc2ccccc2c1)c1c(ccc2ccc(O)cc12)O4.Oc1ccc2ccc(O)c(C(c3ccc4ccccc4c3)c3c(O)ccc4ccc(O)cc34)c2c1. The summed E-state index contributed by atoms with van der Waals surface area (Å²) in [5.74, 6) is -0.0825. The van der Waals surface area contributed by atoms with E-state index in [0.29, 0.717) is 44.2 Å². The molecule has 14 N–H and O–H groups in total. The van der Waals surface area contributed by atoms with Crippen molar-refractivity contribution in [3.05, 3.63) is 491 Å². The summed E-state index contributed by atoms with van der Waals surface area (Å²) in [6.07, 6.45) is 0. The van der Waals surface area contributed by atoms with Gasteiger partial charge in [-0.25, -0.2) is 0 Å². The number of rotatable bonds is 10. The Hall–Kier alpha value is -19.1. The maximum Gasteiger partial charge on any atom is 0.162 e. The molecule has 690 valence electrons. The van der Waals surface area contributed by atoms with Crippen LogP contribution in [0.4, 0.5) is 0 Å². The number of ether oxygens (including phenoxy) is 1. The van der Waals surface area contributed by atoms with Crippen molar-refractivity contribution >= 4 is 140 Å². The molecule has 0 aliphatic carbocycles. The Morgan fingerprint density at radius 1 is 0.161 bits per heavy atom. The third-order valence-corrected chi connectivity index (χ3v) is 28.1. The molecule has 1 aliphatic rings. The van der Waals surface area contributed by atoms with Crippen LogP contribution in [0.5, 0.6) is 92.0 Å². The number of phenolic OH excluding ortho intramolecular Hbond substituents is 14. The summed E-state index contributed by atoms with van der Waals surface area (Å²) >= 11 is 0. The molecule has 0 bridgehead atoms. The van der Waals surface area contributed by atoms with Crippen molar-refractivity contribution in [1.82, 2.24) is 0 Å². The molecule has 1 aliphatic heterocycles. The molecule has 0 saturated heterocycles. The monoisotopic (exact) mass is 1860 g/mol. The highest BCUT2D eigenvalue weighted by atomic mass is 16.5. The first-order chi connectivity index (χ1) is 69.6. The van der Waals surface area contributed by atoms with Crippen LogP contribution < -0.4 is 4.74 Å². The lowest BCUT2D eigenvalue weighted by Crippen LogP contribution is -2.13. The Bertz CT molecular complexity index is 9240. The molecule has 1 atom stereocenters. The molecule has 0 radical (unpaired) electrons. The van der Waals surface area contributed by atoms with Crippen LogP contribution in [0.25, 0.3) is 140 Å². The van der Waals surface area contributed by atoms with Gasteiger partial charge in [0.05, 0.1) is 0 Å². The topological polar surface area (TPSA) is 292 Å². The van der Waals surface area contributed by atoms with Gasteiger partial charge in [0.25, 0.3) is 0 Å². The highest BCUT2D eigenvalue weighted by Crippen LogP contribution is 2.57. The van der Waals surface area contributed by atoms with Crippen molar-refractivity contribution in [3.63, 3.8) is 0 Å². The van der Waals surface area contributed by atoms with Crippen LogP contribution in [0.3, 0.4) is 0 Å². The van der Waals surface area contributed by atoms with E-state index in [9.17, 15) is 71.5 Å². The van der Waals surface area contributed by atoms with Gasteiger partial charge in [-0.1, -0.05) is 291 Å². The molecule has 0 aromatic heterocycles. The fourth-order valence-corrected chi connectivity index (χ4v) is 21.5. The smallest absolute Gasteiger partial charge is 0.162 e. The number of aromatic hydroxyl groups is 14. The summed E-state index contributed by atoms with van der Waals surface area (Å²) < 4.78 is 6.58. The van der Waals surface area contributed by atoms with Gasteiger partial charge in [0.2, 0.25) is 0 Å². The van der Waals surface area contributed by atoms with Gasteiger partial charge in [0.15, 0.2) is 23.0 Å². The Kier molecular flexibility index (Phi) is 22.0. The summed E-state index contributed by atoms with van der Waals surface area (Å²) in [7, 11) is 0. The van der Waals surface area contributed by atoms with Crippen LogP contribution >= 0.6 is 0 Å². The summed E-state index contributed by atoms with van der Waals surface area (Å²) in [6.45, 7) is 0. The van der Waals surface area contributed by atoms with Crippen LogP contribution in [0.15, 0.2) is 425 Å². The third-order valence-electron chi connectivity index (χ3n) is 28.1. The van der Waals surface area contributed by atoms with Crippen molar-refractivity contribution in [2.45, 2.75) is 23.7 Å². The fourth-order valence-electron chi connectivity index (χ4n) is 21.5. The first-order valence-corrected chi connectivity index (χ1v) is 46.9. The molecule has 0 amide bonds. The van der Waals surface area contributed by atoms with Gasteiger partial charge in [-0.2, -0.15) is 0 Å². The quantitative estimate of drug-likeness (QED) is 0.0344. The molecular formula is C128H88O15. The molecule has 26 rings (SSSR count). The predicted molar refractivity (Wildman–Crippen MR) is 572 cm³/mol. The van der Waals surface area contributed by atoms with Crippen molar-refractivity contribution in [3.8, 4) is 92.0 Å². The minimum atomic E-state index is -0.686. The van der Waals surface area contributed by atoms with E-state index in [1.54, 1.807) is 133 Å². The van der Waals surface area contributed by atoms with Gasteiger partial charge >= 0.3 is 0 Å². The number of fused-ring (bicyclic) bond motifs is 17. The van der Waals surface area contributed by atoms with E-state index in [-0.39, 0.29) is 86.4 Å². The molecule has 15 nitrogen and oxygen atoms in total. The lowest BCUT2D eigenvalue weighted by atomic mass is 9.78. The molecule has 0 spiro atoms. The Balaban J connectivity index is 0.000000106. The first-order valence-electron chi connectivity index (χ1n) is 46.9. The molecule has 143 heavy (non-hydrogen) atoms. The van der Waals surface area contributed by atoms with Crippen molar-refractivity contribution in [1.29, 1.82) is 0 Å². The van der Waals surface area contributed by atoms with E-state index >= 15 is 0 Å². The van der Waals surface area contributed by atoms with E-state index in [0.717, 1.165) is 163 Å². The Labute approximate surface area is 818 Å². The Morgan fingerprint density at radius 2 is 0.427 bits per heavy atom. The van der Waals surface area contributed by atoms with Gasteiger partial charge < -0.3 is 76.2 Å². The second kappa shape index (κ2) is 35.8. The number of hydrogen-bond acceptors (Lipinski definition) is 15. The summed E-state index contributed by atoms with van der Waals surface area (Å²) in [6, 6.07) is 133. The highest BCUT2D eigenvalue weighted by molar-refractivity contribution is 6.06. The number of phenols is 14. The maximum atomic E-state index is 11.2. The minimum Gasteiger partial charge on any atom is -0.508 e. The lowest BCUT2D eigenvalue weighted by Gasteiger charge is -2.31. The van der Waals surface area contributed by atoms with Crippen molar-refractivity contribution < 1.29 is 76.2 Å². The molecule has 1 heterocycles. The largest absolute Gasteiger partial charge is 0.508 e. The summed E-state index contributed by atoms with van der Waals surface area (Å²) in [5, 5.41) is 174. The second-order valence-corrected chi connectivity index (χ2v) is 36.6. The minimum absolute atomic E-state index is 0.0535. The zero-order valence-corrected chi connectivity index (χ0v) is 76.4. The van der Waals surface area contributed by atoms with Crippen molar-refractivity contribution in [2.24, 2.45) is 0 Å². The van der Waals surface area contributed by atoms with E-state index in [2.05, 4.69) is 78.9 Å². The van der Waals surface area contributed by atoms with Gasteiger partial charge in [-0.15, -0.1) is 0 Å². The van der Waals surface area contributed by atoms with Crippen LogP contribution in [0.1, 0.15) is 90.4 Å². The average Bonchev–Trinajstić information content (AvgIpc) is 0.751. The summed E-state index contributed by atoms with van der Waals surface area (Å²) in [5.41, 5.74) is 9.19. The van der Waals surface area contributed by atoms with Crippen LogP contribution in [-0.2, 0) is 0 Å². The molecule has 0 saturated carbocycles. The maximum absolute atomic E-state index is 11.2. The van der Waals surface area contributed by atoms with Gasteiger partial charge in [-0.05, 0) is 296 Å². The fraction of sp³-hybridized carbons (Fsp3) is 0.0312. The lowest BCUT2D eigenvalue weighted by molar-refractivity contribution is 0.395. The van der Waals surface area contributed by atoms with Crippen LogP contribution in [0, 0.1) is 0 Å². The molecular weight excluding hydrogens is 1780 g/mol. The van der Waals surface area contributed by atoms with Crippen molar-refractivity contribution in [2.75, 3.05) is 0 Å². The standard InChI is InChI=1S/C35H22O3.3C31H22O4/c36-27-12-8-23-15-24-10-14-32-34(29(24)18-26(23)17-27)33(25-6-5-20-3-1-2-4-22(20)16-25)35-30-19-28(37)11-7-21(30)9-13-31(35)38-32;32-25-16-20-9-3-5-11-23(20)28(30(25)34)27(22-14-13-18-7-1-2-8-19(18)15-22)29-24-12-6-4-10-21(24)17-26(33)31(29)35;32-23-9-11-25-20(16-23)7-13-27(34)30(25)29(22-6-5-18-3-1-2-4-19(18)15-22)31-26-12-10-24(33)17-21(26)8-14-28(31)35;32-23-11-7-19-9-13-27(34)30(25(19)16-23)29(22-6-5-18-3-1-2-4-21(18)15-22)31-26-17-24(33)12-8-20(26)10-14-28(31)35/h1-19,33,36-37H;1-17,27,32-35H;2*1-17,29,32-35H. The first kappa shape index (κ1) is 87.9. The average molecular weight is 1870 g/mol. The predicted octanol–water partition coefficient (Wildman–Crippen LogP) is 30.4. The van der Waals surface area contributed by atoms with E-state index in [1.165, 1.54) is 22.9 Å². The Morgan fingerprint density at radius 3 is 0.853 bits per heavy atom. The van der Waals surface area contributed by atoms with Gasteiger partial charge in [0.1, 0.15) is 69.0 Å². The number of hydrogen-bond donors (Lipinski definition) is 14. The molecule has 1 unspecified atom stereocenters. The molecule has 15 heteroatoms. The van der Waals surface area contributed by atoms with Gasteiger partial charge in [0, 0.05) is 68.2 Å².